The summed E-state index contributed by atoms with van der Waals surface area (Å²) in [5.74, 6) is 0.943. The second-order valence-corrected chi connectivity index (χ2v) is 9.42. The number of aromatic nitrogens is 4. The number of fused-ring (bicyclic) bond motifs is 3. The van der Waals surface area contributed by atoms with Crippen molar-refractivity contribution in [3.8, 4) is 28.7 Å². The number of aryl methyl sites for hydroxylation is 2. The van der Waals surface area contributed by atoms with E-state index < -0.39 is 0 Å². The summed E-state index contributed by atoms with van der Waals surface area (Å²) in [6.07, 6.45) is 6.99. The molecule has 8 nitrogen and oxygen atoms in total. The minimum absolute atomic E-state index is 0.0469. The van der Waals surface area contributed by atoms with Crippen molar-refractivity contribution in [2.75, 3.05) is 26.2 Å². The van der Waals surface area contributed by atoms with Crippen molar-refractivity contribution in [1.82, 2.24) is 29.5 Å². The number of furan rings is 1. The van der Waals surface area contributed by atoms with Gasteiger partial charge in [0.25, 0.3) is 11.9 Å². The summed E-state index contributed by atoms with van der Waals surface area (Å²) in [6.45, 7) is 7.47. The van der Waals surface area contributed by atoms with Crippen LogP contribution < -0.4 is 0 Å². The van der Waals surface area contributed by atoms with Gasteiger partial charge in [-0.3, -0.25) is 9.69 Å². The van der Waals surface area contributed by atoms with Crippen LogP contribution in [0, 0.1) is 0 Å². The van der Waals surface area contributed by atoms with Crippen molar-refractivity contribution < 1.29 is 9.21 Å². The van der Waals surface area contributed by atoms with Gasteiger partial charge in [-0.2, -0.15) is 9.78 Å². The van der Waals surface area contributed by atoms with Crippen LogP contribution in [0.25, 0.3) is 28.7 Å². The largest absolute Gasteiger partial charge is 0.463 e. The third-order valence-corrected chi connectivity index (χ3v) is 7.06. The summed E-state index contributed by atoms with van der Waals surface area (Å²) in [5, 5.41) is 4.58. The number of benzene rings is 1. The third kappa shape index (κ3) is 3.83. The van der Waals surface area contributed by atoms with Gasteiger partial charge in [-0.1, -0.05) is 24.3 Å². The predicted octanol–water partition coefficient (Wildman–Crippen LogP) is 3.85. The van der Waals surface area contributed by atoms with Gasteiger partial charge in [0.1, 0.15) is 5.69 Å². The summed E-state index contributed by atoms with van der Waals surface area (Å²) in [7, 11) is 0. The van der Waals surface area contributed by atoms with Crippen LogP contribution in [0.5, 0.6) is 0 Å². The molecule has 35 heavy (non-hydrogen) atoms. The third-order valence-electron chi connectivity index (χ3n) is 7.06. The van der Waals surface area contributed by atoms with E-state index in [9.17, 15) is 4.79 Å². The summed E-state index contributed by atoms with van der Waals surface area (Å²) < 4.78 is 7.37. The van der Waals surface area contributed by atoms with E-state index in [2.05, 4.69) is 47.0 Å². The minimum Gasteiger partial charge on any atom is -0.463 e. The lowest BCUT2D eigenvalue weighted by Crippen LogP contribution is -2.50. The first-order valence-electron chi connectivity index (χ1n) is 12.2. The summed E-state index contributed by atoms with van der Waals surface area (Å²) in [4.78, 5) is 27.5. The molecular formula is C27H28N6O2. The Morgan fingerprint density at radius 2 is 1.77 bits per heavy atom. The molecule has 3 aromatic heterocycles. The quantitative estimate of drug-likeness (QED) is 0.453. The molecule has 0 unspecified atom stereocenters. The molecule has 0 N–H and O–H groups in total. The molecule has 1 amide bonds. The van der Waals surface area contributed by atoms with E-state index in [1.54, 1.807) is 17.1 Å². The molecule has 1 saturated heterocycles. The van der Waals surface area contributed by atoms with Crippen molar-refractivity contribution in [3.63, 3.8) is 0 Å². The lowest BCUT2D eigenvalue weighted by molar-refractivity contribution is 0.0596. The molecule has 1 aliphatic heterocycles. The Balaban J connectivity index is 1.40. The molecule has 1 aliphatic carbocycles. The molecule has 0 bridgehead atoms. The van der Waals surface area contributed by atoms with Crippen molar-refractivity contribution in [2.45, 2.75) is 32.7 Å². The maximum Gasteiger partial charge on any atom is 0.257 e. The van der Waals surface area contributed by atoms with E-state index in [0.717, 1.165) is 42.8 Å². The van der Waals surface area contributed by atoms with Gasteiger partial charge in [-0.15, -0.1) is 0 Å². The smallest absolute Gasteiger partial charge is 0.257 e. The highest BCUT2D eigenvalue weighted by molar-refractivity contribution is 5.99. The minimum atomic E-state index is -0.0469. The van der Waals surface area contributed by atoms with Crippen molar-refractivity contribution in [2.24, 2.45) is 0 Å². The number of rotatable bonds is 4. The number of hydrogen-bond donors (Lipinski definition) is 0. The Kier molecular flexibility index (Phi) is 5.45. The SMILES string of the molecule is CC(C)N1CCN(C(=O)c2cnn(-c3ncc4c(n3)-c3ccccc3CC4)c2-c2ccco2)CC1. The summed E-state index contributed by atoms with van der Waals surface area (Å²) in [5.41, 5.74) is 5.54. The van der Waals surface area contributed by atoms with E-state index in [0.29, 0.717) is 42.1 Å². The predicted molar refractivity (Wildman–Crippen MR) is 132 cm³/mol. The average Bonchev–Trinajstić information content (AvgIpc) is 3.58. The number of piperazine rings is 1. The van der Waals surface area contributed by atoms with Crippen molar-refractivity contribution in [1.29, 1.82) is 0 Å². The number of nitrogens with zero attached hydrogens (tertiary/aromatic N) is 6. The van der Waals surface area contributed by atoms with Gasteiger partial charge in [-0.25, -0.2) is 9.97 Å². The number of hydrogen-bond acceptors (Lipinski definition) is 6. The summed E-state index contributed by atoms with van der Waals surface area (Å²) >= 11 is 0. The van der Waals surface area contributed by atoms with Gasteiger partial charge in [0.15, 0.2) is 5.76 Å². The Bertz CT molecular complexity index is 1370. The van der Waals surface area contributed by atoms with Crippen LogP contribution >= 0.6 is 0 Å². The van der Waals surface area contributed by atoms with Gasteiger partial charge < -0.3 is 9.32 Å². The van der Waals surface area contributed by atoms with E-state index in [1.807, 2.05) is 29.3 Å². The molecule has 1 fully saturated rings. The van der Waals surface area contributed by atoms with Crippen LogP contribution in [0.2, 0.25) is 0 Å². The molecule has 8 heteroatoms. The Morgan fingerprint density at radius 1 is 0.971 bits per heavy atom. The maximum atomic E-state index is 13.6. The van der Waals surface area contributed by atoms with Crippen LogP contribution in [0.3, 0.4) is 0 Å². The molecule has 0 saturated carbocycles. The second-order valence-electron chi connectivity index (χ2n) is 9.42. The first kappa shape index (κ1) is 21.7. The van der Waals surface area contributed by atoms with E-state index in [1.165, 1.54) is 5.56 Å². The highest BCUT2D eigenvalue weighted by Gasteiger charge is 2.30. The van der Waals surface area contributed by atoms with Gasteiger partial charge >= 0.3 is 0 Å². The molecule has 4 aromatic rings. The molecular weight excluding hydrogens is 440 g/mol. The lowest BCUT2D eigenvalue weighted by Gasteiger charge is -2.36. The highest BCUT2D eigenvalue weighted by atomic mass is 16.3. The van der Waals surface area contributed by atoms with Gasteiger partial charge in [0.05, 0.1) is 23.7 Å². The van der Waals surface area contributed by atoms with Crippen molar-refractivity contribution >= 4 is 5.91 Å². The molecule has 0 atom stereocenters. The fraction of sp³-hybridized carbons (Fsp3) is 0.333. The van der Waals surface area contributed by atoms with E-state index in [4.69, 9.17) is 9.40 Å². The average molecular weight is 469 g/mol. The van der Waals surface area contributed by atoms with E-state index >= 15 is 0 Å². The normalized spacial score (nSPS) is 15.8. The molecule has 4 heterocycles. The fourth-order valence-corrected chi connectivity index (χ4v) is 5.07. The first-order chi connectivity index (χ1) is 17.1. The molecule has 178 valence electrons. The van der Waals surface area contributed by atoms with E-state index in [-0.39, 0.29) is 5.91 Å². The van der Waals surface area contributed by atoms with Crippen LogP contribution in [-0.2, 0) is 12.8 Å². The lowest BCUT2D eigenvalue weighted by atomic mass is 9.90. The molecule has 1 aromatic carbocycles. The topological polar surface area (TPSA) is 80.3 Å². The molecule has 6 rings (SSSR count). The molecule has 2 aliphatic rings. The second kappa shape index (κ2) is 8.78. The molecule has 0 radical (unpaired) electrons. The summed E-state index contributed by atoms with van der Waals surface area (Å²) in [6, 6.07) is 12.5. The van der Waals surface area contributed by atoms with Crippen LogP contribution in [0.15, 0.2) is 59.5 Å². The first-order valence-corrected chi connectivity index (χ1v) is 12.2. The Hall–Kier alpha value is -3.78. The zero-order valence-corrected chi connectivity index (χ0v) is 20.0. The number of carbonyl (C=O) groups is 1. The van der Waals surface area contributed by atoms with Gasteiger partial charge in [-0.05, 0) is 49.9 Å². The van der Waals surface area contributed by atoms with Crippen LogP contribution in [-0.4, -0.2) is 67.7 Å². The number of amides is 1. The zero-order chi connectivity index (χ0) is 23.9. The maximum absolute atomic E-state index is 13.6. The van der Waals surface area contributed by atoms with Crippen LogP contribution in [0.4, 0.5) is 0 Å². The molecule has 0 spiro atoms. The van der Waals surface area contributed by atoms with Gasteiger partial charge in [0, 0.05) is 44.0 Å². The highest BCUT2D eigenvalue weighted by Crippen LogP contribution is 2.33. The fourth-order valence-electron chi connectivity index (χ4n) is 5.07. The monoisotopic (exact) mass is 468 g/mol. The standard InChI is InChI=1S/C27H28N6O2/c1-18(2)31-11-13-32(14-12-31)26(34)22-17-29-33(25(22)23-8-5-15-35-23)27-28-16-20-10-9-19-6-3-4-7-21(19)24(20)30-27/h3-8,15-18H,9-14H2,1-2H3. The Morgan fingerprint density at radius 3 is 2.54 bits per heavy atom. The Labute approximate surface area is 204 Å². The van der Waals surface area contributed by atoms with Gasteiger partial charge in [0.2, 0.25) is 0 Å². The number of carbonyl (C=O) groups excluding carboxylic acids is 1. The van der Waals surface area contributed by atoms with Crippen molar-refractivity contribution in [3.05, 3.63) is 71.7 Å². The zero-order valence-electron chi connectivity index (χ0n) is 20.0. The van der Waals surface area contributed by atoms with Crippen LogP contribution in [0.1, 0.15) is 35.3 Å².